The molecule has 3 heteroatoms. The molecule has 0 atom stereocenters. The SMILES string of the molecule is C=CCCOCCN1CCC(N)CC1. The number of likely N-dealkylation sites (tertiary alicyclic amines) is 1. The minimum absolute atomic E-state index is 0.424. The van der Waals surface area contributed by atoms with Crippen LogP contribution in [0.15, 0.2) is 12.7 Å². The molecule has 0 amide bonds. The van der Waals surface area contributed by atoms with Crippen LogP contribution in [-0.2, 0) is 4.74 Å². The fourth-order valence-electron chi connectivity index (χ4n) is 1.64. The fraction of sp³-hybridized carbons (Fsp3) is 0.818. The molecule has 14 heavy (non-hydrogen) atoms. The van der Waals surface area contributed by atoms with Gasteiger partial charge in [-0.05, 0) is 32.4 Å². The Morgan fingerprint density at radius 2 is 2.07 bits per heavy atom. The Morgan fingerprint density at radius 3 is 2.71 bits per heavy atom. The van der Waals surface area contributed by atoms with E-state index in [1.54, 1.807) is 0 Å². The standard InChI is InChI=1S/C11H22N2O/c1-2-3-9-14-10-8-13-6-4-11(12)5-7-13/h2,11H,1,3-10,12H2. The second kappa shape index (κ2) is 6.98. The van der Waals surface area contributed by atoms with E-state index in [2.05, 4.69) is 11.5 Å². The van der Waals surface area contributed by atoms with Crippen molar-refractivity contribution in [3.8, 4) is 0 Å². The van der Waals surface area contributed by atoms with Gasteiger partial charge in [0.25, 0.3) is 0 Å². The zero-order chi connectivity index (χ0) is 10.2. The molecule has 0 aromatic rings. The van der Waals surface area contributed by atoms with Crippen molar-refractivity contribution in [2.75, 3.05) is 32.8 Å². The topological polar surface area (TPSA) is 38.5 Å². The molecule has 1 aliphatic heterocycles. The van der Waals surface area contributed by atoms with E-state index in [9.17, 15) is 0 Å². The summed E-state index contributed by atoms with van der Waals surface area (Å²) >= 11 is 0. The second-order valence-corrected chi connectivity index (χ2v) is 3.87. The predicted molar refractivity (Wildman–Crippen MR) is 59.3 cm³/mol. The lowest BCUT2D eigenvalue weighted by molar-refractivity contribution is 0.0969. The van der Waals surface area contributed by atoms with Gasteiger partial charge in [0.1, 0.15) is 0 Å². The highest BCUT2D eigenvalue weighted by Crippen LogP contribution is 2.07. The first-order valence-corrected chi connectivity index (χ1v) is 5.49. The molecule has 1 heterocycles. The number of hydrogen-bond acceptors (Lipinski definition) is 3. The second-order valence-electron chi connectivity index (χ2n) is 3.87. The highest BCUT2D eigenvalue weighted by Gasteiger charge is 2.14. The monoisotopic (exact) mass is 198 g/mol. The van der Waals surface area contributed by atoms with E-state index in [0.717, 1.165) is 52.1 Å². The number of hydrogen-bond donors (Lipinski definition) is 1. The van der Waals surface area contributed by atoms with E-state index in [-0.39, 0.29) is 0 Å². The average molecular weight is 198 g/mol. The molecule has 0 aliphatic carbocycles. The minimum atomic E-state index is 0.424. The van der Waals surface area contributed by atoms with Gasteiger partial charge in [0.05, 0.1) is 13.2 Å². The number of nitrogens with zero attached hydrogens (tertiary/aromatic N) is 1. The molecule has 0 saturated carbocycles. The van der Waals surface area contributed by atoms with Crippen LogP contribution in [0.4, 0.5) is 0 Å². The molecule has 1 fully saturated rings. The summed E-state index contributed by atoms with van der Waals surface area (Å²) in [6, 6.07) is 0.424. The first-order valence-electron chi connectivity index (χ1n) is 5.49. The van der Waals surface area contributed by atoms with Gasteiger partial charge < -0.3 is 15.4 Å². The van der Waals surface area contributed by atoms with Crippen LogP contribution in [0.2, 0.25) is 0 Å². The van der Waals surface area contributed by atoms with Crippen LogP contribution in [0.1, 0.15) is 19.3 Å². The van der Waals surface area contributed by atoms with Crippen molar-refractivity contribution >= 4 is 0 Å². The third-order valence-corrected chi connectivity index (χ3v) is 2.65. The van der Waals surface area contributed by atoms with Crippen LogP contribution in [0.3, 0.4) is 0 Å². The van der Waals surface area contributed by atoms with Gasteiger partial charge in [-0.15, -0.1) is 6.58 Å². The summed E-state index contributed by atoms with van der Waals surface area (Å²) in [7, 11) is 0. The third kappa shape index (κ3) is 4.74. The van der Waals surface area contributed by atoms with Crippen molar-refractivity contribution in [1.82, 2.24) is 4.90 Å². The molecule has 3 nitrogen and oxygen atoms in total. The molecule has 1 rings (SSSR count). The van der Waals surface area contributed by atoms with E-state index in [4.69, 9.17) is 10.5 Å². The Balaban J connectivity index is 1.93. The lowest BCUT2D eigenvalue weighted by Gasteiger charge is -2.29. The summed E-state index contributed by atoms with van der Waals surface area (Å²) in [5.41, 5.74) is 5.82. The van der Waals surface area contributed by atoms with Gasteiger partial charge in [-0.2, -0.15) is 0 Å². The van der Waals surface area contributed by atoms with E-state index < -0.39 is 0 Å². The number of nitrogens with two attached hydrogens (primary N) is 1. The maximum Gasteiger partial charge on any atom is 0.0593 e. The first-order chi connectivity index (χ1) is 6.83. The van der Waals surface area contributed by atoms with Gasteiger partial charge in [-0.1, -0.05) is 6.08 Å². The number of ether oxygens (including phenoxy) is 1. The summed E-state index contributed by atoms with van der Waals surface area (Å²) in [6.07, 6.45) is 5.10. The van der Waals surface area contributed by atoms with Gasteiger partial charge in [0, 0.05) is 12.6 Å². The summed E-state index contributed by atoms with van der Waals surface area (Å²) in [4.78, 5) is 2.43. The minimum Gasteiger partial charge on any atom is -0.380 e. The van der Waals surface area contributed by atoms with Gasteiger partial charge in [0.15, 0.2) is 0 Å². The smallest absolute Gasteiger partial charge is 0.0593 e. The van der Waals surface area contributed by atoms with E-state index in [0.29, 0.717) is 6.04 Å². The molecular formula is C11H22N2O. The zero-order valence-electron chi connectivity index (χ0n) is 8.95. The normalized spacial score (nSPS) is 19.8. The van der Waals surface area contributed by atoms with Crippen LogP contribution in [0.5, 0.6) is 0 Å². The Bertz CT molecular complexity index is 153. The van der Waals surface area contributed by atoms with Crippen molar-refractivity contribution in [1.29, 1.82) is 0 Å². The quantitative estimate of drug-likeness (QED) is 0.511. The summed E-state index contributed by atoms with van der Waals surface area (Å²) < 4.78 is 5.46. The Labute approximate surface area is 86.9 Å². The van der Waals surface area contributed by atoms with Gasteiger partial charge in [-0.3, -0.25) is 0 Å². The van der Waals surface area contributed by atoms with Crippen molar-refractivity contribution in [3.05, 3.63) is 12.7 Å². The average Bonchev–Trinajstić information content (AvgIpc) is 2.21. The molecular weight excluding hydrogens is 176 g/mol. The third-order valence-electron chi connectivity index (χ3n) is 2.65. The largest absolute Gasteiger partial charge is 0.380 e. The Kier molecular flexibility index (Phi) is 5.83. The Morgan fingerprint density at radius 1 is 1.36 bits per heavy atom. The molecule has 0 aromatic carbocycles. The fourth-order valence-corrected chi connectivity index (χ4v) is 1.64. The van der Waals surface area contributed by atoms with Gasteiger partial charge in [0.2, 0.25) is 0 Å². The molecule has 0 radical (unpaired) electrons. The molecule has 0 aromatic heterocycles. The van der Waals surface area contributed by atoms with E-state index in [1.807, 2.05) is 6.08 Å². The van der Waals surface area contributed by atoms with E-state index >= 15 is 0 Å². The molecule has 0 unspecified atom stereocenters. The van der Waals surface area contributed by atoms with Gasteiger partial charge in [-0.25, -0.2) is 0 Å². The van der Waals surface area contributed by atoms with Crippen LogP contribution < -0.4 is 5.73 Å². The summed E-state index contributed by atoms with van der Waals surface area (Å²) in [6.45, 7) is 8.60. The van der Waals surface area contributed by atoms with Crippen molar-refractivity contribution in [2.24, 2.45) is 5.73 Å². The highest BCUT2D eigenvalue weighted by molar-refractivity contribution is 4.73. The van der Waals surface area contributed by atoms with Crippen LogP contribution in [0.25, 0.3) is 0 Å². The van der Waals surface area contributed by atoms with Crippen LogP contribution >= 0.6 is 0 Å². The number of piperidine rings is 1. The van der Waals surface area contributed by atoms with Crippen molar-refractivity contribution < 1.29 is 4.74 Å². The highest BCUT2D eigenvalue weighted by atomic mass is 16.5. The molecule has 0 spiro atoms. The number of rotatable bonds is 6. The summed E-state index contributed by atoms with van der Waals surface area (Å²) in [5.74, 6) is 0. The molecule has 1 saturated heterocycles. The lowest BCUT2D eigenvalue weighted by Crippen LogP contribution is -2.41. The summed E-state index contributed by atoms with van der Waals surface area (Å²) in [5, 5.41) is 0. The van der Waals surface area contributed by atoms with E-state index in [1.165, 1.54) is 0 Å². The maximum atomic E-state index is 5.82. The molecule has 2 N–H and O–H groups in total. The lowest BCUT2D eigenvalue weighted by atomic mass is 10.1. The Hall–Kier alpha value is -0.380. The van der Waals surface area contributed by atoms with Crippen molar-refractivity contribution in [2.45, 2.75) is 25.3 Å². The first kappa shape index (κ1) is 11.7. The maximum absolute atomic E-state index is 5.82. The predicted octanol–water partition coefficient (Wildman–Crippen LogP) is 1.00. The molecule has 0 bridgehead atoms. The van der Waals surface area contributed by atoms with Crippen LogP contribution in [0, 0.1) is 0 Å². The zero-order valence-corrected chi connectivity index (χ0v) is 8.95. The van der Waals surface area contributed by atoms with Crippen molar-refractivity contribution in [3.63, 3.8) is 0 Å². The molecule has 82 valence electrons. The molecule has 1 aliphatic rings. The van der Waals surface area contributed by atoms with Gasteiger partial charge >= 0.3 is 0 Å². The van der Waals surface area contributed by atoms with Crippen LogP contribution in [-0.4, -0.2) is 43.8 Å².